The number of carbonyl (C=O) groups is 2. The van der Waals surface area contributed by atoms with Crippen molar-refractivity contribution in [2.75, 3.05) is 19.8 Å². The Hall–Kier alpha value is -3.60. The molecule has 1 aliphatic heterocycles. The van der Waals surface area contributed by atoms with Crippen LogP contribution in [0.3, 0.4) is 0 Å². The van der Waals surface area contributed by atoms with E-state index in [0.29, 0.717) is 31.0 Å². The molecule has 0 radical (unpaired) electrons. The number of rotatable bonds is 3. The van der Waals surface area contributed by atoms with Gasteiger partial charge in [0.15, 0.2) is 6.29 Å². The maximum atomic E-state index is 12.9. The fourth-order valence-corrected chi connectivity index (χ4v) is 4.37. The lowest BCUT2D eigenvalue weighted by Gasteiger charge is -2.22. The Balaban J connectivity index is 1.35. The minimum atomic E-state index is -0.394. The van der Waals surface area contributed by atoms with Crippen molar-refractivity contribution in [1.82, 2.24) is 4.90 Å². The van der Waals surface area contributed by atoms with Crippen LogP contribution in [0.4, 0.5) is 4.79 Å². The zero-order valence-corrected chi connectivity index (χ0v) is 16.4. The van der Waals surface area contributed by atoms with Gasteiger partial charge in [0.05, 0.1) is 13.1 Å². The molecule has 1 amide bonds. The molecule has 30 heavy (non-hydrogen) atoms. The minimum Gasteiger partial charge on any atom is -0.491 e. The van der Waals surface area contributed by atoms with Gasteiger partial charge in [0.2, 0.25) is 0 Å². The maximum Gasteiger partial charge on any atom is 0.410 e. The highest BCUT2D eigenvalue weighted by Crippen LogP contribution is 2.44. The highest BCUT2D eigenvalue weighted by atomic mass is 16.6. The Kier molecular flexibility index (Phi) is 4.71. The van der Waals surface area contributed by atoms with Gasteiger partial charge in [-0.1, -0.05) is 60.7 Å². The van der Waals surface area contributed by atoms with E-state index in [1.165, 1.54) is 22.3 Å². The molecule has 0 spiro atoms. The van der Waals surface area contributed by atoms with Crippen molar-refractivity contribution in [1.29, 1.82) is 0 Å². The van der Waals surface area contributed by atoms with Crippen LogP contribution in [0.15, 0.2) is 66.7 Å². The van der Waals surface area contributed by atoms with Crippen LogP contribution in [0, 0.1) is 0 Å². The molecule has 1 heterocycles. The Morgan fingerprint density at radius 2 is 1.70 bits per heavy atom. The molecule has 3 aromatic carbocycles. The number of benzene rings is 3. The Bertz CT molecular complexity index is 1080. The van der Waals surface area contributed by atoms with E-state index in [1.807, 2.05) is 30.3 Å². The third-order valence-corrected chi connectivity index (χ3v) is 5.86. The highest BCUT2D eigenvalue weighted by molar-refractivity contribution is 5.80. The van der Waals surface area contributed by atoms with Crippen LogP contribution in [-0.2, 0) is 11.3 Å². The summed E-state index contributed by atoms with van der Waals surface area (Å²) >= 11 is 0. The van der Waals surface area contributed by atoms with E-state index in [1.54, 1.807) is 17.0 Å². The molecule has 0 bridgehead atoms. The molecule has 150 valence electrons. The van der Waals surface area contributed by atoms with Gasteiger partial charge in [-0.25, -0.2) is 4.79 Å². The predicted octanol–water partition coefficient (Wildman–Crippen LogP) is 4.64. The first-order valence-electron chi connectivity index (χ1n) is 10.1. The van der Waals surface area contributed by atoms with Gasteiger partial charge in [-0.2, -0.15) is 0 Å². The second kappa shape index (κ2) is 7.67. The number of carbonyl (C=O) groups excluding carboxylic acids is 2. The fraction of sp³-hybridized carbons (Fsp3) is 0.200. The largest absolute Gasteiger partial charge is 0.491 e. The summed E-state index contributed by atoms with van der Waals surface area (Å²) in [6, 6.07) is 21.9. The summed E-state index contributed by atoms with van der Waals surface area (Å²) in [5.74, 6) is 0.663. The average Bonchev–Trinajstić information content (AvgIpc) is 2.94. The number of hydrogen-bond acceptors (Lipinski definition) is 4. The number of aldehydes is 1. The van der Waals surface area contributed by atoms with Crippen LogP contribution in [0.1, 0.15) is 33.0 Å². The highest BCUT2D eigenvalue weighted by Gasteiger charge is 2.30. The van der Waals surface area contributed by atoms with E-state index >= 15 is 0 Å². The first-order valence-corrected chi connectivity index (χ1v) is 10.1. The first kappa shape index (κ1) is 18.4. The number of nitrogens with zero attached hydrogens (tertiary/aromatic N) is 1. The smallest absolute Gasteiger partial charge is 0.410 e. The van der Waals surface area contributed by atoms with Crippen LogP contribution >= 0.6 is 0 Å². The van der Waals surface area contributed by atoms with Gasteiger partial charge in [0.1, 0.15) is 19.0 Å². The molecule has 0 N–H and O–H groups in total. The third-order valence-electron chi connectivity index (χ3n) is 5.86. The minimum absolute atomic E-state index is 0.0161. The molecule has 3 aromatic rings. The van der Waals surface area contributed by atoms with Gasteiger partial charge < -0.3 is 14.4 Å². The molecule has 5 nitrogen and oxygen atoms in total. The van der Waals surface area contributed by atoms with Crippen molar-refractivity contribution in [3.05, 3.63) is 89.0 Å². The normalized spacial score (nSPS) is 14.7. The molecule has 5 heteroatoms. The summed E-state index contributed by atoms with van der Waals surface area (Å²) in [6.07, 6.45) is 0.401. The van der Waals surface area contributed by atoms with Crippen molar-refractivity contribution < 1.29 is 19.1 Å². The number of amides is 1. The van der Waals surface area contributed by atoms with Gasteiger partial charge >= 0.3 is 6.09 Å². The molecule has 0 aromatic heterocycles. The molecule has 1 aliphatic carbocycles. The molecular formula is C25H21NO4. The van der Waals surface area contributed by atoms with Crippen LogP contribution in [0.2, 0.25) is 0 Å². The van der Waals surface area contributed by atoms with Crippen molar-refractivity contribution in [3.8, 4) is 16.9 Å². The lowest BCUT2D eigenvalue weighted by molar-refractivity contribution is 0.0944. The summed E-state index contributed by atoms with van der Waals surface area (Å²) in [7, 11) is 0. The van der Waals surface area contributed by atoms with Crippen molar-refractivity contribution in [3.63, 3.8) is 0 Å². The summed E-state index contributed by atoms with van der Waals surface area (Å²) in [4.78, 5) is 25.9. The lowest BCUT2D eigenvalue weighted by Crippen LogP contribution is -2.34. The fourth-order valence-electron chi connectivity index (χ4n) is 4.37. The van der Waals surface area contributed by atoms with Crippen LogP contribution in [0.5, 0.6) is 5.75 Å². The molecule has 0 atom stereocenters. The molecule has 5 rings (SSSR count). The number of fused-ring (bicyclic) bond motifs is 4. The summed E-state index contributed by atoms with van der Waals surface area (Å²) in [5.41, 5.74) is 6.01. The molecule has 0 unspecified atom stereocenters. The van der Waals surface area contributed by atoms with Gasteiger partial charge in [0, 0.05) is 17.0 Å². The van der Waals surface area contributed by atoms with Crippen LogP contribution in [0.25, 0.3) is 11.1 Å². The van der Waals surface area contributed by atoms with Crippen LogP contribution < -0.4 is 4.74 Å². The van der Waals surface area contributed by atoms with Gasteiger partial charge in [-0.15, -0.1) is 0 Å². The van der Waals surface area contributed by atoms with E-state index in [4.69, 9.17) is 9.47 Å². The second-order valence-electron chi connectivity index (χ2n) is 7.52. The topological polar surface area (TPSA) is 55.8 Å². The zero-order valence-electron chi connectivity index (χ0n) is 16.4. The first-order chi connectivity index (χ1) is 14.8. The monoisotopic (exact) mass is 399 g/mol. The number of ether oxygens (including phenoxy) is 2. The molecule has 0 saturated carbocycles. The molecule has 0 fully saturated rings. The van der Waals surface area contributed by atoms with E-state index in [9.17, 15) is 9.59 Å². The van der Waals surface area contributed by atoms with Crippen molar-refractivity contribution in [2.45, 2.75) is 12.5 Å². The van der Waals surface area contributed by atoms with E-state index in [2.05, 4.69) is 24.3 Å². The Morgan fingerprint density at radius 3 is 2.40 bits per heavy atom. The quantitative estimate of drug-likeness (QED) is 0.602. The lowest BCUT2D eigenvalue weighted by atomic mass is 9.98. The molecular weight excluding hydrogens is 378 g/mol. The van der Waals surface area contributed by atoms with Gasteiger partial charge in [0.25, 0.3) is 0 Å². The van der Waals surface area contributed by atoms with Gasteiger partial charge in [-0.05, 0) is 28.3 Å². The second-order valence-corrected chi connectivity index (χ2v) is 7.52. The average molecular weight is 399 g/mol. The van der Waals surface area contributed by atoms with E-state index < -0.39 is 6.09 Å². The Labute approximate surface area is 174 Å². The molecule has 2 aliphatic rings. The summed E-state index contributed by atoms with van der Waals surface area (Å²) < 4.78 is 11.5. The van der Waals surface area contributed by atoms with Crippen molar-refractivity contribution >= 4 is 12.4 Å². The Morgan fingerprint density at radius 1 is 1.00 bits per heavy atom. The standard InChI is InChI=1S/C25H21NO4/c27-15-17-6-5-11-24-22(17)14-26(12-13-29-24)25(28)30-16-23-20-9-3-1-7-18(20)19-8-2-4-10-21(19)23/h1-11,15,23H,12-14,16H2. The summed E-state index contributed by atoms with van der Waals surface area (Å²) in [5, 5.41) is 0. The summed E-state index contributed by atoms with van der Waals surface area (Å²) in [6.45, 7) is 1.33. The molecule has 0 saturated heterocycles. The van der Waals surface area contributed by atoms with Crippen molar-refractivity contribution in [2.24, 2.45) is 0 Å². The predicted molar refractivity (Wildman–Crippen MR) is 113 cm³/mol. The maximum absolute atomic E-state index is 12.9. The van der Waals surface area contributed by atoms with Crippen LogP contribution in [-0.4, -0.2) is 37.0 Å². The van der Waals surface area contributed by atoms with E-state index in [0.717, 1.165) is 11.8 Å². The van der Waals surface area contributed by atoms with E-state index in [-0.39, 0.29) is 12.5 Å². The van der Waals surface area contributed by atoms with Gasteiger partial charge in [-0.3, -0.25) is 4.79 Å². The SMILES string of the molecule is O=Cc1cccc2c1CN(C(=O)OCC1c3ccccc3-c3ccccc31)CCO2. The number of hydrogen-bond donors (Lipinski definition) is 0. The third kappa shape index (κ3) is 3.12. The zero-order chi connectivity index (χ0) is 20.5.